The first-order chi connectivity index (χ1) is 16.2. The summed E-state index contributed by atoms with van der Waals surface area (Å²) in [5, 5.41) is 5.06. The van der Waals surface area contributed by atoms with Crippen molar-refractivity contribution in [2.45, 2.75) is 51.2 Å². The van der Waals surface area contributed by atoms with Gasteiger partial charge < -0.3 is 24.7 Å². The number of aromatic nitrogens is 1. The predicted molar refractivity (Wildman–Crippen MR) is 134 cm³/mol. The fourth-order valence-corrected chi connectivity index (χ4v) is 5.01. The Labute approximate surface area is 198 Å². The third-order valence-electron chi connectivity index (χ3n) is 6.49. The van der Waals surface area contributed by atoms with Crippen molar-refractivity contribution >= 4 is 28.2 Å². The highest BCUT2D eigenvalue weighted by Gasteiger charge is 2.25. The van der Waals surface area contributed by atoms with Crippen LogP contribution in [0.3, 0.4) is 0 Å². The van der Waals surface area contributed by atoms with E-state index in [0.717, 1.165) is 29.5 Å². The average Bonchev–Trinajstić information content (AvgIpc) is 2.86. The number of H-pyrrole nitrogens is 1. The fourth-order valence-electron chi connectivity index (χ4n) is 4.72. The van der Waals surface area contributed by atoms with Crippen LogP contribution in [0.5, 0.6) is 11.5 Å². The smallest absolute Gasteiger partial charge is 0.253 e. The van der Waals surface area contributed by atoms with Gasteiger partial charge in [0.1, 0.15) is 13.2 Å². The molecule has 2 heterocycles. The molecule has 0 saturated heterocycles. The SMILES string of the molecule is O=c1[nH]c2cc3c(cc2cc1CN(C(=S)NCc1ccccc1)C1CCCCC1)OCCO3. The van der Waals surface area contributed by atoms with Crippen molar-refractivity contribution in [2.75, 3.05) is 13.2 Å². The van der Waals surface area contributed by atoms with Crippen LogP contribution in [0.1, 0.15) is 43.2 Å². The van der Waals surface area contributed by atoms with Gasteiger partial charge >= 0.3 is 0 Å². The number of hydrogen-bond acceptors (Lipinski definition) is 4. The molecular weight excluding hydrogens is 434 g/mol. The predicted octanol–water partition coefficient (Wildman–Crippen LogP) is 4.51. The minimum absolute atomic E-state index is 0.0918. The van der Waals surface area contributed by atoms with Crippen LogP contribution in [0.25, 0.3) is 10.9 Å². The molecule has 0 bridgehead atoms. The number of pyridine rings is 1. The minimum Gasteiger partial charge on any atom is -0.486 e. The van der Waals surface area contributed by atoms with E-state index in [0.29, 0.717) is 48.8 Å². The van der Waals surface area contributed by atoms with E-state index in [-0.39, 0.29) is 5.56 Å². The highest BCUT2D eigenvalue weighted by molar-refractivity contribution is 7.80. The first kappa shape index (κ1) is 21.8. The summed E-state index contributed by atoms with van der Waals surface area (Å²) in [6.07, 6.45) is 5.84. The first-order valence-corrected chi connectivity index (χ1v) is 12.1. The van der Waals surface area contributed by atoms with Gasteiger partial charge in [0.2, 0.25) is 0 Å². The lowest BCUT2D eigenvalue weighted by Gasteiger charge is -2.36. The Balaban J connectivity index is 1.41. The summed E-state index contributed by atoms with van der Waals surface area (Å²) in [5.74, 6) is 1.39. The minimum atomic E-state index is -0.0918. The van der Waals surface area contributed by atoms with Crippen LogP contribution in [0.2, 0.25) is 0 Å². The molecular formula is C26H29N3O3S. The quantitative estimate of drug-likeness (QED) is 0.543. The zero-order chi connectivity index (χ0) is 22.6. The van der Waals surface area contributed by atoms with E-state index >= 15 is 0 Å². The van der Waals surface area contributed by atoms with Gasteiger partial charge in [-0.3, -0.25) is 4.79 Å². The first-order valence-electron chi connectivity index (χ1n) is 11.7. The third kappa shape index (κ3) is 4.98. The van der Waals surface area contributed by atoms with E-state index < -0.39 is 0 Å². The summed E-state index contributed by atoms with van der Waals surface area (Å²) in [6.45, 7) is 2.20. The molecule has 0 amide bonds. The van der Waals surface area contributed by atoms with Gasteiger partial charge in [0.15, 0.2) is 16.6 Å². The van der Waals surface area contributed by atoms with Crippen molar-refractivity contribution in [3.8, 4) is 11.5 Å². The molecule has 5 rings (SSSR count). The second-order valence-electron chi connectivity index (χ2n) is 8.77. The molecule has 3 aromatic rings. The van der Waals surface area contributed by atoms with E-state index in [1.54, 1.807) is 0 Å². The van der Waals surface area contributed by atoms with Crippen LogP contribution in [0.4, 0.5) is 0 Å². The molecule has 1 aromatic heterocycles. The lowest BCUT2D eigenvalue weighted by atomic mass is 9.94. The van der Waals surface area contributed by atoms with Crippen molar-refractivity contribution in [1.29, 1.82) is 0 Å². The van der Waals surface area contributed by atoms with Crippen molar-refractivity contribution in [1.82, 2.24) is 15.2 Å². The maximum atomic E-state index is 13.0. The normalized spacial score (nSPS) is 15.9. The van der Waals surface area contributed by atoms with Gasteiger partial charge in [0.25, 0.3) is 5.56 Å². The van der Waals surface area contributed by atoms with Crippen LogP contribution in [-0.4, -0.2) is 34.3 Å². The van der Waals surface area contributed by atoms with Crippen molar-refractivity contribution in [3.05, 3.63) is 70.0 Å². The molecule has 1 fully saturated rings. The maximum Gasteiger partial charge on any atom is 0.253 e. The monoisotopic (exact) mass is 463 g/mol. The molecule has 1 aliphatic carbocycles. The topological polar surface area (TPSA) is 66.6 Å². The summed E-state index contributed by atoms with van der Waals surface area (Å²) in [6, 6.07) is 16.3. The lowest BCUT2D eigenvalue weighted by molar-refractivity contribution is 0.172. The molecule has 0 atom stereocenters. The van der Waals surface area contributed by atoms with Crippen LogP contribution in [0, 0.1) is 0 Å². The Morgan fingerprint density at radius 3 is 2.52 bits per heavy atom. The summed E-state index contributed by atoms with van der Waals surface area (Å²) < 4.78 is 11.4. The highest BCUT2D eigenvalue weighted by Crippen LogP contribution is 2.34. The van der Waals surface area contributed by atoms with E-state index in [1.807, 2.05) is 36.4 Å². The number of rotatable bonds is 5. The summed E-state index contributed by atoms with van der Waals surface area (Å²) in [5.41, 5.74) is 2.54. The largest absolute Gasteiger partial charge is 0.486 e. The van der Waals surface area contributed by atoms with Crippen LogP contribution < -0.4 is 20.3 Å². The number of aromatic amines is 1. The number of benzene rings is 2. The Kier molecular flexibility index (Phi) is 6.48. The fraction of sp³-hybridized carbons (Fsp3) is 0.385. The van der Waals surface area contributed by atoms with Crippen molar-refractivity contribution < 1.29 is 9.47 Å². The van der Waals surface area contributed by atoms with Crippen LogP contribution in [0.15, 0.2) is 53.3 Å². The number of nitrogens with one attached hydrogen (secondary N) is 2. The zero-order valence-electron chi connectivity index (χ0n) is 18.6. The summed E-state index contributed by atoms with van der Waals surface area (Å²) in [7, 11) is 0. The molecule has 33 heavy (non-hydrogen) atoms. The number of thiocarbonyl (C=S) groups is 1. The van der Waals surface area contributed by atoms with Crippen molar-refractivity contribution in [3.63, 3.8) is 0 Å². The molecule has 172 valence electrons. The van der Waals surface area contributed by atoms with Gasteiger partial charge in [-0.15, -0.1) is 0 Å². The van der Waals surface area contributed by atoms with E-state index in [1.165, 1.54) is 24.8 Å². The van der Waals surface area contributed by atoms with Crippen molar-refractivity contribution in [2.24, 2.45) is 0 Å². The molecule has 0 radical (unpaired) electrons. The van der Waals surface area contributed by atoms with E-state index in [4.69, 9.17) is 21.7 Å². The van der Waals surface area contributed by atoms with E-state index in [9.17, 15) is 4.79 Å². The molecule has 2 aromatic carbocycles. The van der Waals surface area contributed by atoms with Crippen LogP contribution >= 0.6 is 12.2 Å². The Hall–Kier alpha value is -3.06. The molecule has 0 unspecified atom stereocenters. The molecule has 6 nitrogen and oxygen atoms in total. The van der Waals surface area contributed by atoms with Gasteiger partial charge in [-0.25, -0.2) is 0 Å². The summed E-state index contributed by atoms with van der Waals surface area (Å²) >= 11 is 5.84. The molecule has 1 aliphatic heterocycles. The Bertz CT molecular complexity index is 1190. The molecule has 1 saturated carbocycles. The number of nitrogens with zero attached hydrogens (tertiary/aromatic N) is 1. The molecule has 7 heteroatoms. The maximum absolute atomic E-state index is 13.0. The molecule has 0 spiro atoms. The second-order valence-corrected chi connectivity index (χ2v) is 9.16. The number of fused-ring (bicyclic) bond motifs is 2. The van der Waals surface area contributed by atoms with Gasteiger partial charge in [0, 0.05) is 29.6 Å². The highest BCUT2D eigenvalue weighted by atomic mass is 32.1. The average molecular weight is 464 g/mol. The standard InChI is InChI=1S/C26H29N3O3S/c30-25-20(13-19-14-23-24(15-22(19)28-25)32-12-11-31-23)17-29(21-9-5-2-6-10-21)26(33)27-16-18-7-3-1-4-8-18/h1,3-4,7-8,13-15,21H,2,5-6,9-12,16-17H2,(H,27,33)(H,28,30). The molecule has 2 N–H and O–H groups in total. The summed E-state index contributed by atoms with van der Waals surface area (Å²) in [4.78, 5) is 18.2. The van der Waals surface area contributed by atoms with Crippen LogP contribution in [-0.2, 0) is 13.1 Å². The van der Waals surface area contributed by atoms with Gasteiger partial charge in [0.05, 0.1) is 12.1 Å². The van der Waals surface area contributed by atoms with Gasteiger partial charge in [-0.2, -0.15) is 0 Å². The zero-order valence-corrected chi connectivity index (χ0v) is 19.5. The number of hydrogen-bond donors (Lipinski definition) is 2. The third-order valence-corrected chi connectivity index (χ3v) is 6.87. The van der Waals surface area contributed by atoms with Gasteiger partial charge in [-0.1, -0.05) is 49.6 Å². The number of ether oxygens (including phenoxy) is 2. The lowest BCUT2D eigenvalue weighted by Crippen LogP contribution is -2.46. The Morgan fingerprint density at radius 2 is 1.76 bits per heavy atom. The second kappa shape index (κ2) is 9.83. The Morgan fingerprint density at radius 1 is 1.03 bits per heavy atom. The molecule has 2 aliphatic rings. The van der Waals surface area contributed by atoms with Gasteiger partial charge in [-0.05, 0) is 42.8 Å². The van der Waals surface area contributed by atoms with E-state index in [2.05, 4.69) is 27.3 Å².